The molecule has 0 aromatic carbocycles. The molecule has 2 rings (SSSR count). The minimum atomic E-state index is 0.129. The Bertz CT molecular complexity index is 318. The number of hydrogen-bond donors (Lipinski definition) is 0. The van der Waals surface area contributed by atoms with Crippen molar-refractivity contribution in [3.8, 4) is 12.1 Å². The van der Waals surface area contributed by atoms with E-state index >= 15 is 0 Å². The van der Waals surface area contributed by atoms with Crippen LogP contribution in [0.25, 0.3) is 0 Å². The number of ether oxygens (including phenoxy) is 1. The van der Waals surface area contributed by atoms with Crippen LogP contribution in [0.3, 0.4) is 0 Å². The summed E-state index contributed by atoms with van der Waals surface area (Å²) in [6, 6.07) is 3.75. The third kappa shape index (κ3) is 1.58. The molecule has 1 aliphatic carbocycles. The summed E-state index contributed by atoms with van der Waals surface area (Å²) >= 11 is 1.56. The Morgan fingerprint density at radius 1 is 1.29 bits per heavy atom. The lowest BCUT2D eigenvalue weighted by Crippen LogP contribution is -2.23. The quantitative estimate of drug-likeness (QED) is 0.571. The third-order valence-electron chi connectivity index (χ3n) is 2.59. The van der Waals surface area contributed by atoms with Gasteiger partial charge in [0.05, 0.1) is 0 Å². The molecule has 0 aromatic rings. The SMILES string of the molecule is N#CC(C#N)=C1OC2CCCCC2S1. The predicted octanol–water partition coefficient (Wildman–Crippen LogP) is 2.32. The Labute approximate surface area is 87.3 Å². The first-order valence-electron chi connectivity index (χ1n) is 4.73. The molecule has 1 heterocycles. The fourth-order valence-electron chi connectivity index (χ4n) is 1.87. The van der Waals surface area contributed by atoms with Crippen LogP contribution in [0.15, 0.2) is 10.7 Å². The second-order valence-electron chi connectivity index (χ2n) is 3.48. The summed E-state index contributed by atoms with van der Waals surface area (Å²) in [5, 5.41) is 18.4. The van der Waals surface area contributed by atoms with Crippen LogP contribution in [0.5, 0.6) is 0 Å². The molecule has 2 unspecified atom stereocenters. The van der Waals surface area contributed by atoms with Crippen molar-refractivity contribution in [3.63, 3.8) is 0 Å². The van der Waals surface area contributed by atoms with Crippen molar-refractivity contribution < 1.29 is 4.74 Å². The van der Waals surface area contributed by atoms with Crippen molar-refractivity contribution in [1.82, 2.24) is 0 Å². The summed E-state index contributed by atoms with van der Waals surface area (Å²) in [5.74, 6) is 0. The normalized spacial score (nSPS) is 29.7. The largest absolute Gasteiger partial charge is 0.481 e. The molecule has 72 valence electrons. The molecule has 2 fully saturated rings. The van der Waals surface area contributed by atoms with E-state index in [2.05, 4.69) is 0 Å². The molecule has 0 aromatic heterocycles. The van der Waals surface area contributed by atoms with Gasteiger partial charge in [0.2, 0.25) is 0 Å². The zero-order valence-electron chi connectivity index (χ0n) is 7.69. The van der Waals surface area contributed by atoms with Crippen molar-refractivity contribution >= 4 is 11.8 Å². The number of rotatable bonds is 0. The van der Waals surface area contributed by atoms with Crippen LogP contribution < -0.4 is 0 Å². The van der Waals surface area contributed by atoms with Crippen LogP contribution in [0.1, 0.15) is 25.7 Å². The van der Waals surface area contributed by atoms with Crippen LogP contribution in [-0.4, -0.2) is 11.4 Å². The van der Waals surface area contributed by atoms with Gasteiger partial charge in [0, 0.05) is 5.25 Å². The van der Waals surface area contributed by atoms with Gasteiger partial charge in [-0.25, -0.2) is 0 Å². The number of thioether (sulfide) groups is 1. The second-order valence-corrected chi connectivity index (χ2v) is 4.70. The Balaban J connectivity index is 2.18. The van der Waals surface area contributed by atoms with E-state index in [0.717, 1.165) is 12.8 Å². The van der Waals surface area contributed by atoms with Gasteiger partial charge in [-0.15, -0.1) is 0 Å². The Morgan fingerprint density at radius 2 is 2.00 bits per heavy atom. The summed E-state index contributed by atoms with van der Waals surface area (Å²) in [5.41, 5.74) is 0.129. The topological polar surface area (TPSA) is 56.8 Å². The van der Waals surface area contributed by atoms with E-state index in [1.165, 1.54) is 12.8 Å². The first-order chi connectivity index (χ1) is 6.85. The minimum Gasteiger partial charge on any atom is -0.481 e. The highest BCUT2D eigenvalue weighted by Gasteiger charge is 2.36. The van der Waals surface area contributed by atoms with Gasteiger partial charge in [-0.1, -0.05) is 18.2 Å². The first-order valence-corrected chi connectivity index (χ1v) is 5.61. The van der Waals surface area contributed by atoms with E-state index in [-0.39, 0.29) is 11.7 Å². The van der Waals surface area contributed by atoms with Gasteiger partial charge in [-0.2, -0.15) is 10.5 Å². The van der Waals surface area contributed by atoms with Gasteiger partial charge in [-0.05, 0) is 19.3 Å². The fourth-order valence-corrected chi connectivity index (χ4v) is 3.16. The molecular formula is C10H10N2OS. The highest BCUT2D eigenvalue weighted by Crippen LogP contribution is 2.44. The smallest absolute Gasteiger partial charge is 0.182 e. The molecule has 2 atom stereocenters. The maximum Gasteiger partial charge on any atom is 0.182 e. The van der Waals surface area contributed by atoms with Crippen molar-refractivity contribution in [2.75, 3.05) is 0 Å². The molecular weight excluding hydrogens is 196 g/mol. The maximum absolute atomic E-state index is 8.70. The number of nitriles is 2. The van der Waals surface area contributed by atoms with E-state index in [0.29, 0.717) is 10.3 Å². The van der Waals surface area contributed by atoms with Gasteiger partial charge < -0.3 is 4.74 Å². The summed E-state index contributed by atoms with van der Waals surface area (Å²) in [4.78, 5) is 0. The molecule has 0 N–H and O–H groups in total. The Hall–Kier alpha value is -1.13. The second kappa shape index (κ2) is 3.94. The van der Waals surface area contributed by atoms with E-state index in [9.17, 15) is 0 Å². The molecule has 14 heavy (non-hydrogen) atoms. The lowest BCUT2D eigenvalue weighted by atomic mass is 9.97. The maximum atomic E-state index is 8.70. The van der Waals surface area contributed by atoms with E-state index in [1.54, 1.807) is 11.8 Å². The highest BCUT2D eigenvalue weighted by molar-refractivity contribution is 8.03. The van der Waals surface area contributed by atoms with Crippen molar-refractivity contribution in [3.05, 3.63) is 10.7 Å². The van der Waals surface area contributed by atoms with Gasteiger partial charge in [0.15, 0.2) is 10.7 Å². The number of hydrogen-bond acceptors (Lipinski definition) is 4. The van der Waals surface area contributed by atoms with E-state index < -0.39 is 0 Å². The number of fused-ring (bicyclic) bond motifs is 1. The van der Waals surface area contributed by atoms with Crippen LogP contribution in [0.4, 0.5) is 0 Å². The molecule has 0 spiro atoms. The zero-order valence-corrected chi connectivity index (χ0v) is 8.51. The van der Waals surface area contributed by atoms with Crippen molar-refractivity contribution in [2.45, 2.75) is 37.0 Å². The zero-order chi connectivity index (χ0) is 9.97. The van der Waals surface area contributed by atoms with Gasteiger partial charge in [0.25, 0.3) is 0 Å². The lowest BCUT2D eigenvalue weighted by molar-refractivity contribution is 0.120. The lowest BCUT2D eigenvalue weighted by Gasteiger charge is -2.21. The van der Waals surface area contributed by atoms with Gasteiger partial charge in [0.1, 0.15) is 18.2 Å². The Morgan fingerprint density at radius 3 is 2.64 bits per heavy atom. The number of nitrogens with zero attached hydrogens (tertiary/aromatic N) is 2. The van der Waals surface area contributed by atoms with Gasteiger partial charge >= 0.3 is 0 Å². The molecule has 1 saturated heterocycles. The van der Waals surface area contributed by atoms with Gasteiger partial charge in [-0.3, -0.25) is 0 Å². The van der Waals surface area contributed by atoms with Crippen LogP contribution >= 0.6 is 11.8 Å². The fraction of sp³-hybridized carbons (Fsp3) is 0.600. The minimum absolute atomic E-state index is 0.129. The molecule has 0 radical (unpaired) electrons. The summed E-state index contributed by atoms with van der Waals surface area (Å²) in [7, 11) is 0. The van der Waals surface area contributed by atoms with E-state index in [1.807, 2.05) is 12.1 Å². The summed E-state index contributed by atoms with van der Waals surface area (Å²) in [6.45, 7) is 0. The van der Waals surface area contributed by atoms with Crippen LogP contribution in [0.2, 0.25) is 0 Å². The molecule has 4 heteroatoms. The molecule has 3 nitrogen and oxygen atoms in total. The Kier molecular flexibility index (Phi) is 2.65. The van der Waals surface area contributed by atoms with Crippen molar-refractivity contribution in [1.29, 1.82) is 10.5 Å². The monoisotopic (exact) mass is 206 g/mol. The molecule has 1 aliphatic heterocycles. The summed E-state index contributed by atoms with van der Waals surface area (Å²) < 4.78 is 5.61. The van der Waals surface area contributed by atoms with Crippen molar-refractivity contribution in [2.24, 2.45) is 0 Å². The van der Waals surface area contributed by atoms with Crippen LogP contribution in [-0.2, 0) is 4.74 Å². The molecule has 0 amide bonds. The van der Waals surface area contributed by atoms with Crippen LogP contribution in [0, 0.1) is 22.7 Å². The third-order valence-corrected chi connectivity index (χ3v) is 3.94. The molecule has 0 bridgehead atoms. The number of allylic oxidation sites excluding steroid dienone is 1. The average Bonchev–Trinajstić information content (AvgIpc) is 2.63. The predicted molar refractivity (Wildman–Crippen MR) is 53.0 cm³/mol. The molecule has 2 aliphatic rings. The molecule has 1 saturated carbocycles. The first kappa shape index (κ1) is 9.43. The standard InChI is InChI=1S/C10H10N2OS/c11-5-7(6-12)10-13-8-3-1-2-4-9(8)14-10/h8-9H,1-4H2. The van der Waals surface area contributed by atoms with E-state index in [4.69, 9.17) is 15.3 Å². The highest BCUT2D eigenvalue weighted by atomic mass is 32.2. The average molecular weight is 206 g/mol. The summed E-state index contributed by atoms with van der Waals surface area (Å²) in [6.07, 6.45) is 4.87.